The molecule has 0 aromatic heterocycles. The van der Waals surface area contributed by atoms with Crippen LogP contribution in [0.2, 0.25) is 0 Å². The molecule has 0 bridgehead atoms. The minimum absolute atomic E-state index is 0. The zero-order valence-electron chi connectivity index (χ0n) is 18.8. The van der Waals surface area contributed by atoms with Crippen molar-refractivity contribution in [2.24, 2.45) is 10.4 Å². The molecule has 1 unspecified atom stereocenters. The van der Waals surface area contributed by atoms with Gasteiger partial charge in [-0.05, 0) is 36.8 Å². The Bertz CT molecular complexity index is 799. The van der Waals surface area contributed by atoms with Gasteiger partial charge < -0.3 is 20.3 Å². The molecule has 9 heteroatoms. The number of methoxy groups -OCH3 is 1. The fraction of sp³-hybridized carbons (Fsp3) is 0.667. The van der Waals surface area contributed by atoms with Crippen molar-refractivity contribution in [1.82, 2.24) is 10.6 Å². The summed E-state index contributed by atoms with van der Waals surface area (Å²) in [6, 6.07) is 8.45. The van der Waals surface area contributed by atoms with Crippen molar-refractivity contribution in [3.63, 3.8) is 0 Å². The van der Waals surface area contributed by atoms with Crippen LogP contribution in [-0.2, 0) is 9.84 Å². The van der Waals surface area contributed by atoms with Crippen LogP contribution in [0, 0.1) is 5.41 Å². The summed E-state index contributed by atoms with van der Waals surface area (Å²) in [5.41, 5.74) is 1.03. The summed E-state index contributed by atoms with van der Waals surface area (Å²) in [5, 5.41) is 6.90. The van der Waals surface area contributed by atoms with Gasteiger partial charge in [-0.3, -0.25) is 4.99 Å². The maximum absolute atomic E-state index is 11.5. The number of halogens is 1. The monoisotopic (exact) mass is 552 g/mol. The molecule has 0 spiro atoms. The summed E-state index contributed by atoms with van der Waals surface area (Å²) < 4.78 is 28.3. The standard InChI is InChI=1S/C21H36N4O3S.HI/c1-21(2,11-13-29(5,26)27)16-23-20(22-3)24-17-8-7-12-25(15-17)18-9-6-10-19(14-18)28-4;/h6,9-10,14,17H,7-8,11-13,15-16H2,1-5H3,(H2,22,23,24);1H. The first-order valence-corrected chi connectivity index (χ1v) is 12.2. The number of sulfone groups is 1. The van der Waals surface area contributed by atoms with Gasteiger partial charge in [0.2, 0.25) is 0 Å². The highest BCUT2D eigenvalue weighted by Crippen LogP contribution is 2.24. The van der Waals surface area contributed by atoms with E-state index >= 15 is 0 Å². The zero-order valence-corrected chi connectivity index (χ0v) is 21.9. The number of aliphatic imine (C=N–C) groups is 1. The second-order valence-corrected chi connectivity index (χ2v) is 10.9. The number of ether oxygens (including phenoxy) is 1. The van der Waals surface area contributed by atoms with E-state index in [0.717, 1.165) is 37.6 Å². The highest BCUT2D eigenvalue weighted by molar-refractivity contribution is 14.0. The van der Waals surface area contributed by atoms with E-state index in [0.29, 0.717) is 19.0 Å². The molecule has 1 aliphatic heterocycles. The van der Waals surface area contributed by atoms with Gasteiger partial charge in [0.05, 0.1) is 12.9 Å². The van der Waals surface area contributed by atoms with Crippen molar-refractivity contribution in [2.45, 2.75) is 39.2 Å². The van der Waals surface area contributed by atoms with Crippen LogP contribution >= 0.6 is 24.0 Å². The number of hydrogen-bond donors (Lipinski definition) is 2. The van der Waals surface area contributed by atoms with Crippen LogP contribution in [0.15, 0.2) is 29.3 Å². The van der Waals surface area contributed by atoms with Crippen molar-refractivity contribution in [1.29, 1.82) is 0 Å². The van der Waals surface area contributed by atoms with E-state index in [9.17, 15) is 8.42 Å². The van der Waals surface area contributed by atoms with Gasteiger partial charge in [-0.15, -0.1) is 24.0 Å². The minimum Gasteiger partial charge on any atom is -0.497 e. The second kappa shape index (κ2) is 12.0. The predicted molar refractivity (Wildman–Crippen MR) is 136 cm³/mol. The van der Waals surface area contributed by atoms with Gasteiger partial charge in [0.1, 0.15) is 15.6 Å². The minimum atomic E-state index is -2.95. The van der Waals surface area contributed by atoms with Gasteiger partial charge in [0, 0.05) is 50.7 Å². The number of anilines is 1. The second-order valence-electron chi connectivity index (χ2n) is 8.60. The third-order valence-electron chi connectivity index (χ3n) is 5.29. The first kappa shape index (κ1) is 26.8. The largest absolute Gasteiger partial charge is 0.497 e. The Kier molecular flexibility index (Phi) is 10.7. The quantitative estimate of drug-likeness (QED) is 0.293. The molecule has 1 aromatic carbocycles. The van der Waals surface area contributed by atoms with Crippen LogP contribution in [-0.4, -0.2) is 66.2 Å². The van der Waals surface area contributed by atoms with E-state index in [1.807, 2.05) is 12.1 Å². The van der Waals surface area contributed by atoms with Crippen LogP contribution in [0.4, 0.5) is 5.69 Å². The number of hydrogen-bond acceptors (Lipinski definition) is 5. The van der Waals surface area contributed by atoms with E-state index in [2.05, 4.69) is 46.5 Å². The molecule has 0 radical (unpaired) electrons. The summed E-state index contributed by atoms with van der Waals surface area (Å²) >= 11 is 0. The lowest BCUT2D eigenvalue weighted by atomic mass is 9.90. The van der Waals surface area contributed by atoms with Gasteiger partial charge in [0.15, 0.2) is 5.96 Å². The van der Waals surface area contributed by atoms with Gasteiger partial charge in [-0.25, -0.2) is 8.42 Å². The zero-order chi connectivity index (χ0) is 21.5. The smallest absolute Gasteiger partial charge is 0.191 e. The summed E-state index contributed by atoms with van der Waals surface area (Å²) in [5.74, 6) is 1.83. The highest BCUT2D eigenvalue weighted by Gasteiger charge is 2.23. The first-order valence-electron chi connectivity index (χ1n) is 10.2. The first-order chi connectivity index (χ1) is 13.6. The van der Waals surface area contributed by atoms with Gasteiger partial charge in [0.25, 0.3) is 0 Å². The van der Waals surface area contributed by atoms with Gasteiger partial charge in [-0.2, -0.15) is 0 Å². The number of guanidine groups is 1. The molecule has 0 saturated carbocycles. The SMILES string of the molecule is CN=C(NCC(C)(C)CCS(C)(=O)=O)NC1CCCN(c2cccc(OC)c2)C1.I. The summed E-state index contributed by atoms with van der Waals surface area (Å²) in [4.78, 5) is 6.72. The van der Waals surface area contributed by atoms with Crippen LogP contribution in [0.3, 0.4) is 0 Å². The molecule has 0 amide bonds. The number of nitrogens with one attached hydrogen (secondary N) is 2. The maximum Gasteiger partial charge on any atom is 0.191 e. The Labute approximate surface area is 199 Å². The van der Waals surface area contributed by atoms with E-state index in [1.54, 1.807) is 14.2 Å². The molecular weight excluding hydrogens is 515 g/mol. The summed E-state index contributed by atoms with van der Waals surface area (Å²) in [6.07, 6.45) is 4.08. The number of nitrogens with zero attached hydrogens (tertiary/aromatic N) is 2. The van der Waals surface area contributed by atoms with Crippen molar-refractivity contribution in [3.8, 4) is 5.75 Å². The lowest BCUT2D eigenvalue weighted by molar-refractivity contribution is 0.347. The van der Waals surface area contributed by atoms with Crippen LogP contribution in [0.5, 0.6) is 5.75 Å². The third kappa shape index (κ3) is 9.28. The van der Waals surface area contributed by atoms with Crippen LogP contribution in [0.25, 0.3) is 0 Å². The molecule has 2 rings (SSSR count). The number of benzene rings is 1. The Balaban J connectivity index is 0.00000450. The average molecular weight is 553 g/mol. The van der Waals surface area contributed by atoms with E-state index in [1.165, 1.54) is 11.9 Å². The highest BCUT2D eigenvalue weighted by atomic mass is 127. The number of rotatable bonds is 8. The molecule has 1 aromatic rings. The molecule has 0 aliphatic carbocycles. The topological polar surface area (TPSA) is 83.0 Å². The Morgan fingerprint density at radius 1 is 1.37 bits per heavy atom. The molecule has 172 valence electrons. The lowest BCUT2D eigenvalue weighted by Crippen LogP contribution is -2.52. The molecule has 1 saturated heterocycles. The molecular formula is C21H37IN4O3S. The average Bonchev–Trinajstić information content (AvgIpc) is 2.69. The summed E-state index contributed by atoms with van der Waals surface area (Å²) in [6.45, 7) is 6.73. The molecule has 30 heavy (non-hydrogen) atoms. The Hall–Kier alpha value is -1.23. The van der Waals surface area contributed by atoms with Crippen molar-refractivity contribution in [3.05, 3.63) is 24.3 Å². The van der Waals surface area contributed by atoms with Crippen molar-refractivity contribution in [2.75, 3.05) is 50.7 Å². The molecule has 7 nitrogen and oxygen atoms in total. The Morgan fingerprint density at radius 3 is 2.73 bits per heavy atom. The Morgan fingerprint density at radius 2 is 2.10 bits per heavy atom. The van der Waals surface area contributed by atoms with Crippen molar-refractivity contribution < 1.29 is 13.2 Å². The fourth-order valence-corrected chi connectivity index (χ4v) is 4.32. The van der Waals surface area contributed by atoms with Crippen molar-refractivity contribution >= 4 is 45.5 Å². The predicted octanol–water partition coefficient (Wildman–Crippen LogP) is 2.91. The van der Waals surface area contributed by atoms with E-state index in [-0.39, 0.29) is 35.1 Å². The lowest BCUT2D eigenvalue weighted by Gasteiger charge is -2.36. The maximum atomic E-state index is 11.5. The van der Waals surface area contributed by atoms with Crippen LogP contribution in [0.1, 0.15) is 33.1 Å². The summed E-state index contributed by atoms with van der Waals surface area (Å²) in [7, 11) is 0.503. The number of piperidine rings is 1. The third-order valence-corrected chi connectivity index (χ3v) is 6.23. The van der Waals surface area contributed by atoms with E-state index in [4.69, 9.17) is 4.74 Å². The van der Waals surface area contributed by atoms with E-state index < -0.39 is 9.84 Å². The molecule has 1 aliphatic rings. The molecule has 1 atom stereocenters. The molecule has 2 N–H and O–H groups in total. The fourth-order valence-electron chi connectivity index (χ4n) is 3.40. The molecule has 1 fully saturated rings. The van der Waals surface area contributed by atoms with Gasteiger partial charge >= 0.3 is 0 Å². The van der Waals surface area contributed by atoms with Crippen LogP contribution < -0.4 is 20.3 Å². The molecule has 1 heterocycles. The normalized spacial score (nSPS) is 17.8. The van der Waals surface area contributed by atoms with Gasteiger partial charge in [-0.1, -0.05) is 19.9 Å².